The molecule has 90 valence electrons. The van der Waals surface area contributed by atoms with E-state index >= 15 is 0 Å². The minimum Gasteiger partial charge on any atom is -0.344 e. The maximum Gasteiger partial charge on any atom is 0.201 e. The first-order chi connectivity index (χ1) is 7.16. The van der Waals surface area contributed by atoms with Crippen LogP contribution in [0.15, 0.2) is 24.3 Å². The average molecular weight is 262 g/mol. The minimum absolute atomic E-state index is 0.135. The molecule has 0 saturated heterocycles. The van der Waals surface area contributed by atoms with E-state index in [1.54, 1.807) is 24.3 Å². The van der Waals surface area contributed by atoms with Gasteiger partial charge in [-0.1, -0.05) is 24.3 Å². The van der Waals surface area contributed by atoms with Crippen molar-refractivity contribution in [3.63, 3.8) is 0 Å². The molecule has 0 aliphatic heterocycles. The van der Waals surface area contributed by atoms with Crippen LogP contribution in [-0.4, -0.2) is 23.1 Å². The summed E-state index contributed by atoms with van der Waals surface area (Å²) in [6, 6.07) is 6.88. The number of benzene rings is 1. The Hall–Kier alpha value is -0.400. The van der Waals surface area contributed by atoms with Crippen molar-refractivity contribution in [3.8, 4) is 0 Å². The summed E-state index contributed by atoms with van der Waals surface area (Å²) in [5.41, 5.74) is 1.53. The van der Waals surface area contributed by atoms with Crippen LogP contribution in [0.1, 0.15) is 11.1 Å². The van der Waals surface area contributed by atoms with Crippen molar-refractivity contribution in [1.29, 1.82) is 0 Å². The summed E-state index contributed by atoms with van der Waals surface area (Å²) in [5.74, 6) is 0. The predicted octanol–water partition coefficient (Wildman–Crippen LogP) is 2.49. The average Bonchev–Trinajstić information content (AvgIpc) is 2.03. The molecule has 0 spiro atoms. The van der Waals surface area contributed by atoms with Gasteiger partial charge in [0.2, 0.25) is 14.7 Å². The lowest BCUT2D eigenvalue weighted by Gasteiger charge is -2.08. The molecule has 0 heterocycles. The molecule has 0 aromatic heterocycles. The van der Waals surface area contributed by atoms with E-state index in [4.69, 9.17) is 0 Å². The lowest BCUT2D eigenvalue weighted by Crippen LogP contribution is -1.89. The van der Waals surface area contributed by atoms with E-state index in [1.807, 2.05) is 0 Å². The molecule has 1 aromatic rings. The SMILES string of the molecule is CP(=O)(O)Cc1ccc(CP(C)(=O)O)cc1. The van der Waals surface area contributed by atoms with Crippen molar-refractivity contribution in [3.05, 3.63) is 35.4 Å². The summed E-state index contributed by atoms with van der Waals surface area (Å²) < 4.78 is 22.3. The molecule has 0 saturated carbocycles. The van der Waals surface area contributed by atoms with Gasteiger partial charge in [-0.3, -0.25) is 9.13 Å². The van der Waals surface area contributed by atoms with Gasteiger partial charge in [-0.15, -0.1) is 0 Å². The molecule has 2 N–H and O–H groups in total. The van der Waals surface area contributed by atoms with Gasteiger partial charge in [0.15, 0.2) is 0 Å². The Balaban J connectivity index is 2.76. The molecule has 4 nitrogen and oxygen atoms in total. The fraction of sp³-hybridized carbons (Fsp3) is 0.400. The zero-order valence-corrected chi connectivity index (χ0v) is 11.1. The molecule has 6 heteroatoms. The van der Waals surface area contributed by atoms with E-state index in [-0.39, 0.29) is 12.3 Å². The van der Waals surface area contributed by atoms with Crippen LogP contribution >= 0.6 is 14.7 Å². The molecule has 2 unspecified atom stereocenters. The fourth-order valence-electron chi connectivity index (χ4n) is 1.43. The minimum atomic E-state index is -3.05. The summed E-state index contributed by atoms with van der Waals surface area (Å²) in [6.07, 6.45) is 0.270. The second kappa shape index (κ2) is 4.85. The van der Waals surface area contributed by atoms with Gasteiger partial charge in [0.05, 0.1) is 0 Å². The van der Waals surface area contributed by atoms with Gasteiger partial charge in [-0.2, -0.15) is 0 Å². The molecule has 0 fully saturated rings. The van der Waals surface area contributed by atoms with Crippen molar-refractivity contribution in [2.75, 3.05) is 13.3 Å². The summed E-state index contributed by atoms with van der Waals surface area (Å²) >= 11 is 0. The third-order valence-corrected chi connectivity index (χ3v) is 3.88. The number of hydrogen-bond donors (Lipinski definition) is 2. The molecule has 1 rings (SSSR count). The number of hydrogen-bond acceptors (Lipinski definition) is 2. The van der Waals surface area contributed by atoms with Gasteiger partial charge in [0.1, 0.15) is 0 Å². The van der Waals surface area contributed by atoms with E-state index in [1.165, 1.54) is 13.3 Å². The van der Waals surface area contributed by atoms with Crippen LogP contribution in [0.4, 0.5) is 0 Å². The van der Waals surface area contributed by atoms with Gasteiger partial charge >= 0.3 is 0 Å². The Morgan fingerprint density at radius 2 is 1.12 bits per heavy atom. The van der Waals surface area contributed by atoms with Crippen LogP contribution in [-0.2, 0) is 21.5 Å². The molecule has 0 bridgehead atoms. The third-order valence-electron chi connectivity index (χ3n) is 1.97. The van der Waals surface area contributed by atoms with Crippen molar-refractivity contribution in [2.45, 2.75) is 12.3 Å². The van der Waals surface area contributed by atoms with Crippen molar-refractivity contribution in [1.82, 2.24) is 0 Å². The zero-order valence-electron chi connectivity index (χ0n) is 9.33. The Bertz CT molecular complexity index is 397. The third kappa shape index (κ3) is 5.62. The highest BCUT2D eigenvalue weighted by atomic mass is 31.2. The van der Waals surface area contributed by atoms with Crippen LogP contribution in [0.3, 0.4) is 0 Å². The summed E-state index contributed by atoms with van der Waals surface area (Å²) in [7, 11) is -6.10. The lowest BCUT2D eigenvalue weighted by molar-refractivity contribution is 0.482. The highest BCUT2D eigenvalue weighted by Gasteiger charge is 2.13. The second-order valence-corrected chi connectivity index (χ2v) is 9.07. The first-order valence-corrected chi connectivity index (χ1v) is 9.40. The second-order valence-electron chi connectivity index (χ2n) is 4.23. The highest BCUT2D eigenvalue weighted by Crippen LogP contribution is 2.41. The van der Waals surface area contributed by atoms with Crippen molar-refractivity contribution < 1.29 is 18.9 Å². The standard InChI is InChI=1S/C10H16O4P2/c1-15(11,12)7-9-3-5-10(6-4-9)8-16(2,13)14/h3-6H,7-8H2,1-2H3,(H,11,12)(H,13,14). The van der Waals surface area contributed by atoms with Gasteiger partial charge in [-0.25, -0.2) is 0 Å². The van der Waals surface area contributed by atoms with E-state index in [0.717, 1.165) is 11.1 Å². The van der Waals surface area contributed by atoms with Crippen LogP contribution < -0.4 is 0 Å². The Kier molecular flexibility index (Phi) is 4.14. The summed E-state index contributed by atoms with van der Waals surface area (Å²) in [6.45, 7) is 2.63. The maximum absolute atomic E-state index is 11.2. The highest BCUT2D eigenvalue weighted by molar-refractivity contribution is 7.56. The molecule has 0 radical (unpaired) electrons. The molecule has 0 amide bonds. The lowest BCUT2D eigenvalue weighted by atomic mass is 10.2. The monoisotopic (exact) mass is 262 g/mol. The molecule has 16 heavy (non-hydrogen) atoms. The van der Waals surface area contributed by atoms with Crippen molar-refractivity contribution in [2.24, 2.45) is 0 Å². The van der Waals surface area contributed by atoms with Crippen LogP contribution in [0.25, 0.3) is 0 Å². The number of rotatable bonds is 4. The first kappa shape index (κ1) is 13.7. The Morgan fingerprint density at radius 1 is 0.875 bits per heavy atom. The topological polar surface area (TPSA) is 74.6 Å². The molecule has 2 atom stereocenters. The van der Waals surface area contributed by atoms with Gasteiger partial charge in [0.25, 0.3) is 0 Å². The summed E-state index contributed by atoms with van der Waals surface area (Å²) in [4.78, 5) is 18.4. The summed E-state index contributed by atoms with van der Waals surface area (Å²) in [5, 5.41) is 0. The van der Waals surface area contributed by atoms with Gasteiger partial charge in [0, 0.05) is 25.7 Å². The normalized spacial score (nSPS) is 18.8. The van der Waals surface area contributed by atoms with Crippen LogP contribution in [0, 0.1) is 0 Å². The van der Waals surface area contributed by atoms with Crippen molar-refractivity contribution >= 4 is 14.7 Å². The van der Waals surface area contributed by atoms with E-state index in [2.05, 4.69) is 0 Å². The molecular weight excluding hydrogens is 246 g/mol. The maximum atomic E-state index is 11.2. The van der Waals surface area contributed by atoms with Gasteiger partial charge in [-0.05, 0) is 11.1 Å². The van der Waals surface area contributed by atoms with Crippen LogP contribution in [0.2, 0.25) is 0 Å². The van der Waals surface area contributed by atoms with E-state index in [0.29, 0.717) is 0 Å². The van der Waals surface area contributed by atoms with Crippen LogP contribution in [0.5, 0.6) is 0 Å². The Morgan fingerprint density at radius 3 is 1.31 bits per heavy atom. The van der Waals surface area contributed by atoms with Gasteiger partial charge < -0.3 is 9.79 Å². The first-order valence-electron chi connectivity index (χ1n) is 4.82. The van der Waals surface area contributed by atoms with E-state index in [9.17, 15) is 18.9 Å². The Labute approximate surface area is 95.2 Å². The molecular formula is C10H16O4P2. The molecule has 1 aromatic carbocycles. The largest absolute Gasteiger partial charge is 0.344 e. The predicted molar refractivity (Wildman–Crippen MR) is 65.3 cm³/mol. The molecule has 0 aliphatic carbocycles. The quantitative estimate of drug-likeness (QED) is 0.817. The fourth-order valence-corrected chi connectivity index (χ4v) is 3.20. The van der Waals surface area contributed by atoms with E-state index < -0.39 is 14.7 Å². The molecule has 0 aliphatic rings. The smallest absolute Gasteiger partial charge is 0.201 e. The zero-order chi connectivity index (χ0) is 12.4.